The third-order valence-corrected chi connectivity index (χ3v) is 3.19. The maximum atomic E-state index is 14.1. The Balaban J connectivity index is 2.37. The zero-order chi connectivity index (χ0) is 16.5. The molecule has 4 heteroatoms. The van der Waals surface area contributed by atoms with Gasteiger partial charge in [0.25, 0.3) is 0 Å². The third-order valence-electron chi connectivity index (χ3n) is 3.19. The zero-order valence-corrected chi connectivity index (χ0v) is 13.0. The van der Waals surface area contributed by atoms with Gasteiger partial charge < -0.3 is 4.74 Å². The van der Waals surface area contributed by atoms with E-state index in [9.17, 15) is 13.6 Å². The van der Waals surface area contributed by atoms with Crippen molar-refractivity contribution in [1.29, 1.82) is 0 Å². The van der Waals surface area contributed by atoms with Crippen LogP contribution in [-0.2, 0) is 4.79 Å². The maximum absolute atomic E-state index is 14.1. The summed E-state index contributed by atoms with van der Waals surface area (Å²) in [4.78, 5) is 11.8. The SMILES string of the molecule is Cc1ccc(-c2cc(F)c(OC(=O)C(C)(C)C)c(F)c2)cc1. The molecule has 0 aliphatic rings. The van der Waals surface area contributed by atoms with Crippen LogP contribution in [0, 0.1) is 24.0 Å². The van der Waals surface area contributed by atoms with E-state index in [0.29, 0.717) is 11.1 Å². The molecule has 0 radical (unpaired) electrons. The molecule has 0 aliphatic heterocycles. The predicted molar refractivity (Wildman–Crippen MR) is 81.6 cm³/mol. The molecule has 0 amide bonds. The van der Waals surface area contributed by atoms with Crippen LogP contribution in [0.4, 0.5) is 8.78 Å². The molecule has 0 fully saturated rings. The Morgan fingerprint density at radius 3 is 1.91 bits per heavy atom. The van der Waals surface area contributed by atoms with Gasteiger partial charge in [0.2, 0.25) is 5.75 Å². The highest BCUT2D eigenvalue weighted by Gasteiger charge is 2.26. The Labute approximate surface area is 128 Å². The van der Waals surface area contributed by atoms with Crippen molar-refractivity contribution in [3.63, 3.8) is 0 Å². The number of hydrogen-bond donors (Lipinski definition) is 0. The number of rotatable bonds is 2. The van der Waals surface area contributed by atoms with Crippen LogP contribution in [0.2, 0.25) is 0 Å². The second kappa shape index (κ2) is 5.87. The predicted octanol–water partition coefficient (Wildman–Crippen LogP) is 4.89. The molecule has 2 aromatic carbocycles. The van der Waals surface area contributed by atoms with Crippen molar-refractivity contribution in [1.82, 2.24) is 0 Å². The molecule has 0 aliphatic carbocycles. The molecular weight excluding hydrogens is 286 g/mol. The molecule has 0 saturated heterocycles. The first-order valence-corrected chi connectivity index (χ1v) is 6.97. The average molecular weight is 304 g/mol. The van der Waals surface area contributed by atoms with Gasteiger partial charge in [-0.3, -0.25) is 4.79 Å². The molecule has 2 rings (SSSR count). The standard InChI is InChI=1S/C18H18F2O2/c1-11-5-7-12(8-6-11)13-9-14(19)16(15(20)10-13)22-17(21)18(2,3)4/h5-10H,1-4H3. The molecule has 0 N–H and O–H groups in total. The van der Waals surface area contributed by atoms with Crippen LogP contribution in [-0.4, -0.2) is 5.97 Å². The minimum atomic E-state index is -0.895. The number of esters is 1. The first-order valence-electron chi connectivity index (χ1n) is 6.97. The Morgan fingerprint density at radius 2 is 1.45 bits per heavy atom. The van der Waals surface area contributed by atoms with Gasteiger partial charge >= 0.3 is 5.97 Å². The van der Waals surface area contributed by atoms with Crippen molar-refractivity contribution < 1.29 is 18.3 Å². The van der Waals surface area contributed by atoms with E-state index in [1.807, 2.05) is 19.1 Å². The molecule has 0 bridgehead atoms. The lowest BCUT2D eigenvalue weighted by molar-refractivity contribution is -0.143. The average Bonchev–Trinajstić information content (AvgIpc) is 2.42. The Hall–Kier alpha value is -2.23. The summed E-state index contributed by atoms with van der Waals surface area (Å²) in [6, 6.07) is 9.62. The minimum absolute atomic E-state index is 0.394. The molecule has 0 heterocycles. The van der Waals surface area contributed by atoms with Crippen LogP contribution in [0.1, 0.15) is 26.3 Å². The van der Waals surface area contributed by atoms with Crippen molar-refractivity contribution in [2.45, 2.75) is 27.7 Å². The van der Waals surface area contributed by atoms with E-state index < -0.39 is 28.8 Å². The van der Waals surface area contributed by atoms with Crippen molar-refractivity contribution >= 4 is 5.97 Å². The second-order valence-corrected chi connectivity index (χ2v) is 6.27. The molecule has 2 aromatic rings. The maximum Gasteiger partial charge on any atom is 0.316 e. The molecule has 116 valence electrons. The lowest BCUT2D eigenvalue weighted by Crippen LogP contribution is -2.26. The number of carbonyl (C=O) groups is 1. The van der Waals surface area contributed by atoms with Gasteiger partial charge in [-0.15, -0.1) is 0 Å². The van der Waals surface area contributed by atoms with E-state index in [4.69, 9.17) is 4.74 Å². The Bertz CT molecular complexity index is 675. The number of ether oxygens (including phenoxy) is 1. The summed E-state index contributed by atoms with van der Waals surface area (Å²) in [5.74, 6) is -3.13. The van der Waals surface area contributed by atoms with Crippen LogP contribution in [0.25, 0.3) is 11.1 Å². The largest absolute Gasteiger partial charge is 0.420 e. The molecule has 0 unspecified atom stereocenters. The van der Waals surface area contributed by atoms with E-state index in [1.54, 1.807) is 32.9 Å². The molecule has 0 saturated carbocycles. The molecule has 0 atom stereocenters. The summed E-state index contributed by atoms with van der Waals surface area (Å²) >= 11 is 0. The molecule has 22 heavy (non-hydrogen) atoms. The van der Waals surface area contributed by atoms with Crippen LogP contribution in [0.15, 0.2) is 36.4 Å². The summed E-state index contributed by atoms with van der Waals surface area (Å²) in [6.45, 7) is 6.78. The zero-order valence-electron chi connectivity index (χ0n) is 13.0. The number of halogens is 2. The van der Waals surface area contributed by atoms with Crippen molar-refractivity contribution in [3.8, 4) is 16.9 Å². The second-order valence-electron chi connectivity index (χ2n) is 6.27. The van der Waals surface area contributed by atoms with Gasteiger partial charge in [-0.2, -0.15) is 0 Å². The van der Waals surface area contributed by atoms with Gasteiger partial charge in [0.15, 0.2) is 11.6 Å². The van der Waals surface area contributed by atoms with E-state index in [-0.39, 0.29) is 0 Å². The van der Waals surface area contributed by atoms with Crippen LogP contribution >= 0.6 is 0 Å². The van der Waals surface area contributed by atoms with E-state index in [0.717, 1.165) is 5.56 Å². The lowest BCUT2D eigenvalue weighted by atomic mass is 9.97. The van der Waals surface area contributed by atoms with Gasteiger partial charge in [-0.1, -0.05) is 29.8 Å². The highest BCUT2D eigenvalue weighted by atomic mass is 19.1. The summed E-state index contributed by atoms with van der Waals surface area (Å²) < 4.78 is 33.1. The monoisotopic (exact) mass is 304 g/mol. The minimum Gasteiger partial charge on any atom is -0.420 e. The Morgan fingerprint density at radius 1 is 0.955 bits per heavy atom. The first kappa shape index (κ1) is 16.1. The van der Waals surface area contributed by atoms with Gasteiger partial charge in [-0.25, -0.2) is 8.78 Å². The van der Waals surface area contributed by atoms with Gasteiger partial charge in [-0.05, 0) is 51.0 Å². The fraction of sp³-hybridized carbons (Fsp3) is 0.278. The van der Waals surface area contributed by atoms with Gasteiger partial charge in [0.05, 0.1) is 5.41 Å². The number of hydrogen-bond acceptors (Lipinski definition) is 2. The summed E-state index contributed by atoms with van der Waals surface area (Å²) in [5.41, 5.74) is 1.30. The highest BCUT2D eigenvalue weighted by Crippen LogP contribution is 2.30. The summed E-state index contributed by atoms with van der Waals surface area (Å²) in [5, 5.41) is 0. The summed E-state index contributed by atoms with van der Waals surface area (Å²) in [7, 11) is 0. The van der Waals surface area contributed by atoms with Crippen molar-refractivity contribution in [2.75, 3.05) is 0 Å². The number of benzene rings is 2. The van der Waals surface area contributed by atoms with E-state index in [1.165, 1.54) is 12.1 Å². The molecule has 0 aromatic heterocycles. The van der Waals surface area contributed by atoms with Crippen LogP contribution < -0.4 is 4.74 Å². The Kier molecular flexibility index (Phi) is 4.31. The smallest absolute Gasteiger partial charge is 0.316 e. The molecule has 2 nitrogen and oxygen atoms in total. The summed E-state index contributed by atoms with van der Waals surface area (Å²) in [6.07, 6.45) is 0. The fourth-order valence-corrected chi connectivity index (χ4v) is 1.82. The molecular formula is C18H18F2O2. The number of aryl methyl sites for hydroxylation is 1. The van der Waals surface area contributed by atoms with Crippen LogP contribution in [0.3, 0.4) is 0 Å². The number of carbonyl (C=O) groups excluding carboxylic acids is 1. The highest BCUT2D eigenvalue weighted by molar-refractivity contribution is 5.78. The normalized spacial score (nSPS) is 11.4. The lowest BCUT2D eigenvalue weighted by Gasteiger charge is -2.17. The quantitative estimate of drug-likeness (QED) is 0.583. The first-order chi connectivity index (χ1) is 10.2. The fourth-order valence-electron chi connectivity index (χ4n) is 1.82. The van der Waals surface area contributed by atoms with E-state index >= 15 is 0 Å². The van der Waals surface area contributed by atoms with Crippen molar-refractivity contribution in [2.24, 2.45) is 5.41 Å². The van der Waals surface area contributed by atoms with Gasteiger partial charge in [0, 0.05) is 0 Å². The van der Waals surface area contributed by atoms with Crippen molar-refractivity contribution in [3.05, 3.63) is 53.6 Å². The third kappa shape index (κ3) is 3.50. The molecule has 0 spiro atoms. The van der Waals surface area contributed by atoms with Gasteiger partial charge in [0.1, 0.15) is 0 Å². The van der Waals surface area contributed by atoms with E-state index in [2.05, 4.69) is 0 Å². The van der Waals surface area contributed by atoms with Crippen LogP contribution in [0.5, 0.6) is 5.75 Å². The topological polar surface area (TPSA) is 26.3 Å².